The maximum atomic E-state index is 12.1. The number of nitrogens with zero attached hydrogens (tertiary/aromatic N) is 1. The van der Waals surface area contributed by atoms with Crippen molar-refractivity contribution in [2.24, 2.45) is 0 Å². The van der Waals surface area contributed by atoms with Crippen LogP contribution in [-0.4, -0.2) is 60.4 Å². The van der Waals surface area contributed by atoms with Crippen LogP contribution >= 0.6 is 15.9 Å². The topological polar surface area (TPSA) is 48.0 Å². The van der Waals surface area contributed by atoms with E-state index >= 15 is 0 Å². The van der Waals surface area contributed by atoms with Gasteiger partial charge >= 0.3 is 6.09 Å². The molecule has 0 aromatic heterocycles. The van der Waals surface area contributed by atoms with Crippen LogP contribution in [0, 0.1) is 0 Å². The molecular weight excluding hydrogens is 362 g/mol. The van der Waals surface area contributed by atoms with Crippen LogP contribution in [0.3, 0.4) is 0 Å². The van der Waals surface area contributed by atoms with Crippen LogP contribution in [0.25, 0.3) is 0 Å². The van der Waals surface area contributed by atoms with Crippen LogP contribution in [0.15, 0.2) is 0 Å². The van der Waals surface area contributed by atoms with Crippen molar-refractivity contribution in [1.82, 2.24) is 4.90 Å². The summed E-state index contributed by atoms with van der Waals surface area (Å²) in [4.78, 5) is 13.9. The Morgan fingerprint density at radius 1 is 1.17 bits per heavy atom. The SMILES string of the molecule is CCCCOCCOC1(CBr)CCN(C(=O)OC(C)(C)C)CC1. The first-order chi connectivity index (χ1) is 10.8. The van der Waals surface area contributed by atoms with Crippen molar-refractivity contribution < 1.29 is 19.0 Å². The largest absolute Gasteiger partial charge is 0.444 e. The molecule has 1 heterocycles. The lowest BCUT2D eigenvalue weighted by molar-refractivity contribution is -0.0842. The van der Waals surface area contributed by atoms with Crippen molar-refractivity contribution in [2.45, 2.75) is 64.6 Å². The number of carbonyl (C=O) groups excluding carboxylic acids is 1. The number of likely N-dealkylation sites (tertiary alicyclic amines) is 1. The van der Waals surface area contributed by atoms with E-state index in [4.69, 9.17) is 14.2 Å². The predicted molar refractivity (Wildman–Crippen MR) is 95.2 cm³/mol. The maximum absolute atomic E-state index is 12.1. The fourth-order valence-corrected chi connectivity index (χ4v) is 3.13. The molecule has 0 aliphatic carbocycles. The van der Waals surface area contributed by atoms with Gasteiger partial charge in [0.15, 0.2) is 0 Å². The van der Waals surface area contributed by atoms with Gasteiger partial charge in [-0.1, -0.05) is 29.3 Å². The van der Waals surface area contributed by atoms with Gasteiger partial charge in [-0.05, 0) is 40.0 Å². The first-order valence-electron chi connectivity index (χ1n) is 8.57. The average molecular weight is 394 g/mol. The summed E-state index contributed by atoms with van der Waals surface area (Å²) in [5.74, 6) is 0. The van der Waals surface area contributed by atoms with Crippen molar-refractivity contribution >= 4 is 22.0 Å². The molecule has 0 saturated carbocycles. The summed E-state index contributed by atoms with van der Waals surface area (Å²) in [5, 5.41) is 0.775. The van der Waals surface area contributed by atoms with Crippen LogP contribution in [0.5, 0.6) is 0 Å². The van der Waals surface area contributed by atoms with Gasteiger partial charge in [0.25, 0.3) is 0 Å². The Morgan fingerprint density at radius 3 is 2.35 bits per heavy atom. The van der Waals surface area contributed by atoms with E-state index in [0.29, 0.717) is 26.3 Å². The smallest absolute Gasteiger partial charge is 0.410 e. The number of halogens is 1. The second kappa shape index (κ2) is 9.84. The molecule has 23 heavy (non-hydrogen) atoms. The van der Waals surface area contributed by atoms with Gasteiger partial charge in [-0.2, -0.15) is 0 Å². The number of hydrogen-bond donors (Lipinski definition) is 0. The summed E-state index contributed by atoms with van der Waals surface area (Å²) >= 11 is 3.57. The highest BCUT2D eigenvalue weighted by Crippen LogP contribution is 2.29. The highest BCUT2D eigenvalue weighted by Gasteiger charge is 2.37. The molecule has 5 nitrogen and oxygen atoms in total. The number of rotatable bonds is 8. The molecule has 136 valence electrons. The van der Waals surface area contributed by atoms with Gasteiger partial charge in [-0.25, -0.2) is 4.79 Å². The summed E-state index contributed by atoms with van der Waals surface area (Å²) in [6.45, 7) is 11.2. The van der Waals surface area contributed by atoms with Gasteiger partial charge in [0, 0.05) is 25.0 Å². The third-order valence-electron chi connectivity index (χ3n) is 3.85. The van der Waals surface area contributed by atoms with E-state index in [0.717, 1.165) is 37.6 Å². The van der Waals surface area contributed by atoms with E-state index in [-0.39, 0.29) is 11.7 Å². The minimum atomic E-state index is -0.451. The molecule has 1 rings (SSSR count). The van der Waals surface area contributed by atoms with E-state index in [1.807, 2.05) is 20.8 Å². The Morgan fingerprint density at radius 2 is 1.83 bits per heavy atom. The standard InChI is InChI=1S/C17H32BrNO4/c1-5-6-11-21-12-13-22-17(14-18)7-9-19(10-8-17)15(20)23-16(2,3)4/h5-14H2,1-4H3. The van der Waals surface area contributed by atoms with Crippen molar-refractivity contribution in [3.63, 3.8) is 0 Å². The molecule has 1 amide bonds. The maximum Gasteiger partial charge on any atom is 0.410 e. The third kappa shape index (κ3) is 7.86. The van der Waals surface area contributed by atoms with Gasteiger partial charge in [-0.3, -0.25) is 0 Å². The Bertz CT molecular complexity index is 349. The molecular formula is C17H32BrNO4. The third-order valence-corrected chi connectivity index (χ3v) is 4.87. The number of unbranched alkanes of at least 4 members (excludes halogenated alkanes) is 1. The molecule has 0 N–H and O–H groups in total. The van der Waals surface area contributed by atoms with Gasteiger partial charge in [0.05, 0.1) is 18.8 Å². The molecule has 0 bridgehead atoms. The highest BCUT2D eigenvalue weighted by molar-refractivity contribution is 9.09. The number of carbonyl (C=O) groups is 1. The average Bonchev–Trinajstić information content (AvgIpc) is 2.49. The van der Waals surface area contributed by atoms with Crippen LogP contribution < -0.4 is 0 Å². The summed E-state index contributed by atoms with van der Waals surface area (Å²) in [7, 11) is 0. The lowest BCUT2D eigenvalue weighted by Gasteiger charge is -2.40. The molecule has 0 radical (unpaired) electrons. The molecule has 6 heteroatoms. The number of alkyl halides is 1. The second-order valence-corrected chi connectivity index (χ2v) is 7.66. The Hall–Kier alpha value is -0.330. The molecule has 0 aromatic carbocycles. The quantitative estimate of drug-likeness (QED) is 0.462. The fraction of sp³-hybridized carbons (Fsp3) is 0.941. The van der Waals surface area contributed by atoms with Crippen LogP contribution in [-0.2, 0) is 14.2 Å². The molecule has 1 aliphatic rings. The predicted octanol–water partition coefficient (Wildman–Crippen LogP) is 3.98. The van der Waals surface area contributed by atoms with E-state index in [2.05, 4.69) is 22.9 Å². The Kier molecular flexibility index (Phi) is 8.86. The minimum Gasteiger partial charge on any atom is -0.444 e. The zero-order chi connectivity index (χ0) is 17.3. The molecule has 0 atom stereocenters. The first-order valence-corrected chi connectivity index (χ1v) is 9.70. The van der Waals surface area contributed by atoms with Crippen LogP contribution in [0.2, 0.25) is 0 Å². The number of hydrogen-bond acceptors (Lipinski definition) is 4. The highest BCUT2D eigenvalue weighted by atomic mass is 79.9. The Labute approximate surface area is 149 Å². The summed E-state index contributed by atoms with van der Waals surface area (Å²) < 4.78 is 17.1. The molecule has 0 aromatic rings. The van der Waals surface area contributed by atoms with Gasteiger partial charge in [0.1, 0.15) is 5.60 Å². The zero-order valence-corrected chi connectivity index (χ0v) is 16.6. The minimum absolute atomic E-state index is 0.202. The van der Waals surface area contributed by atoms with Crippen molar-refractivity contribution in [1.29, 1.82) is 0 Å². The molecule has 1 fully saturated rings. The summed E-state index contributed by atoms with van der Waals surface area (Å²) in [6.07, 6.45) is 3.63. The molecule has 1 aliphatic heterocycles. The van der Waals surface area contributed by atoms with Crippen molar-refractivity contribution in [3.05, 3.63) is 0 Å². The zero-order valence-electron chi connectivity index (χ0n) is 15.0. The van der Waals surface area contributed by atoms with E-state index in [9.17, 15) is 4.79 Å². The van der Waals surface area contributed by atoms with E-state index < -0.39 is 5.60 Å². The molecule has 0 spiro atoms. The monoisotopic (exact) mass is 393 g/mol. The van der Waals surface area contributed by atoms with Gasteiger partial charge in [-0.15, -0.1) is 0 Å². The number of amides is 1. The lowest BCUT2D eigenvalue weighted by atomic mass is 9.93. The van der Waals surface area contributed by atoms with Crippen molar-refractivity contribution in [3.8, 4) is 0 Å². The number of ether oxygens (including phenoxy) is 3. The Balaban J connectivity index is 2.33. The fourth-order valence-electron chi connectivity index (χ4n) is 2.41. The second-order valence-electron chi connectivity index (χ2n) is 7.10. The normalized spacial score (nSPS) is 18.0. The van der Waals surface area contributed by atoms with Crippen molar-refractivity contribution in [2.75, 3.05) is 38.2 Å². The lowest BCUT2D eigenvalue weighted by Crippen LogP contribution is -2.50. The van der Waals surface area contributed by atoms with E-state index in [1.165, 1.54) is 0 Å². The van der Waals surface area contributed by atoms with Crippen LogP contribution in [0.4, 0.5) is 4.79 Å². The number of piperidine rings is 1. The van der Waals surface area contributed by atoms with E-state index in [1.54, 1.807) is 4.90 Å². The summed E-state index contributed by atoms with van der Waals surface area (Å²) in [6, 6.07) is 0. The van der Waals surface area contributed by atoms with Crippen LogP contribution in [0.1, 0.15) is 53.4 Å². The molecule has 1 saturated heterocycles. The van der Waals surface area contributed by atoms with Gasteiger partial charge in [0.2, 0.25) is 0 Å². The molecule has 0 unspecified atom stereocenters. The first kappa shape index (κ1) is 20.7. The summed E-state index contributed by atoms with van der Waals surface area (Å²) in [5.41, 5.74) is -0.653. The van der Waals surface area contributed by atoms with Gasteiger partial charge < -0.3 is 19.1 Å².